The lowest BCUT2D eigenvalue weighted by molar-refractivity contribution is -0.187. The zero-order chi connectivity index (χ0) is 16.0. The third-order valence-electron chi connectivity index (χ3n) is 6.77. The number of hydrogen-bond acceptors (Lipinski definition) is 5. The van der Waals surface area contributed by atoms with E-state index in [1.54, 1.807) is 6.07 Å². The van der Waals surface area contributed by atoms with E-state index >= 15 is 0 Å². The van der Waals surface area contributed by atoms with Gasteiger partial charge in [-0.05, 0) is 44.0 Å². The molecule has 2 heterocycles. The van der Waals surface area contributed by atoms with Crippen molar-refractivity contribution in [1.82, 2.24) is 4.90 Å². The summed E-state index contributed by atoms with van der Waals surface area (Å²) in [7, 11) is 0. The molecule has 1 aromatic rings. The summed E-state index contributed by atoms with van der Waals surface area (Å²) in [5.74, 6) is 0.574. The van der Waals surface area contributed by atoms with Crippen molar-refractivity contribution >= 4 is 5.78 Å². The first-order valence-electron chi connectivity index (χ1n) is 8.54. The van der Waals surface area contributed by atoms with Crippen LogP contribution >= 0.6 is 0 Å². The molecule has 2 aliphatic carbocycles. The first kappa shape index (κ1) is 13.8. The fourth-order valence-electron chi connectivity index (χ4n) is 5.79. The van der Waals surface area contributed by atoms with Crippen LogP contribution in [-0.4, -0.2) is 51.7 Å². The zero-order valence-electron chi connectivity index (χ0n) is 13.2. The smallest absolute Gasteiger partial charge is 0.174 e. The summed E-state index contributed by atoms with van der Waals surface area (Å²) in [6.07, 6.45) is 1.64. The third kappa shape index (κ3) is 1.32. The topological polar surface area (TPSA) is 70.0 Å². The van der Waals surface area contributed by atoms with Crippen molar-refractivity contribution in [3.63, 3.8) is 0 Å². The molecule has 0 aromatic heterocycles. The molecule has 2 fully saturated rings. The van der Waals surface area contributed by atoms with Crippen LogP contribution in [0.5, 0.6) is 11.5 Å². The van der Waals surface area contributed by atoms with Gasteiger partial charge in [-0.1, -0.05) is 13.0 Å². The van der Waals surface area contributed by atoms with Gasteiger partial charge in [-0.2, -0.15) is 0 Å². The number of ether oxygens (including phenoxy) is 1. The van der Waals surface area contributed by atoms with Gasteiger partial charge in [-0.25, -0.2) is 0 Å². The maximum Gasteiger partial charge on any atom is 0.174 e. The Hall–Kier alpha value is -1.59. The van der Waals surface area contributed by atoms with Crippen LogP contribution in [-0.2, 0) is 16.6 Å². The second-order valence-corrected chi connectivity index (χ2v) is 7.41. The van der Waals surface area contributed by atoms with Crippen molar-refractivity contribution in [1.29, 1.82) is 0 Å². The molecule has 1 unspecified atom stereocenters. The van der Waals surface area contributed by atoms with Crippen LogP contribution in [0, 0.1) is 0 Å². The molecule has 5 heteroatoms. The lowest BCUT2D eigenvalue weighted by Crippen LogP contribution is -2.76. The van der Waals surface area contributed by atoms with Gasteiger partial charge in [0, 0.05) is 18.0 Å². The van der Waals surface area contributed by atoms with Crippen molar-refractivity contribution in [2.24, 2.45) is 0 Å². The van der Waals surface area contributed by atoms with Crippen LogP contribution in [0.15, 0.2) is 12.1 Å². The van der Waals surface area contributed by atoms with Crippen molar-refractivity contribution < 1.29 is 19.7 Å². The third-order valence-corrected chi connectivity index (χ3v) is 6.77. The standard InChI is InChI=1S/C18H21NO4/c1-2-19-8-7-17-14-10-3-4-11(20)15(14)23-16(17)12(21)5-6-18(17,22)13(19)9-10/h3-4,13,16,20,22H,2,5-9H2,1H3/t13?,16-,17-,18+/m0/s1. The fourth-order valence-corrected chi connectivity index (χ4v) is 5.79. The predicted octanol–water partition coefficient (Wildman–Crippen LogP) is 1.14. The number of ketones is 1. The Bertz CT molecular complexity index is 732. The van der Waals surface area contributed by atoms with Crippen LogP contribution < -0.4 is 4.74 Å². The van der Waals surface area contributed by atoms with E-state index < -0.39 is 17.1 Å². The van der Waals surface area contributed by atoms with Gasteiger partial charge in [0.25, 0.3) is 0 Å². The van der Waals surface area contributed by atoms with Crippen molar-refractivity contribution in [2.45, 2.75) is 55.8 Å². The summed E-state index contributed by atoms with van der Waals surface area (Å²) in [6, 6.07) is 3.61. The normalized spacial score (nSPS) is 40.7. The highest BCUT2D eigenvalue weighted by atomic mass is 16.5. The Labute approximate surface area is 134 Å². The van der Waals surface area contributed by atoms with Gasteiger partial charge < -0.3 is 14.9 Å². The van der Waals surface area contributed by atoms with E-state index in [4.69, 9.17) is 4.74 Å². The Morgan fingerprint density at radius 3 is 3.00 bits per heavy atom. The molecule has 5 rings (SSSR count). The molecule has 1 saturated carbocycles. The molecule has 122 valence electrons. The minimum atomic E-state index is -0.953. The number of carbonyl (C=O) groups excluding carboxylic acids is 1. The average Bonchev–Trinajstić information content (AvgIpc) is 2.89. The zero-order valence-corrected chi connectivity index (χ0v) is 13.2. The van der Waals surface area contributed by atoms with Gasteiger partial charge in [0.15, 0.2) is 23.4 Å². The number of aromatic hydroxyl groups is 1. The van der Waals surface area contributed by atoms with Crippen molar-refractivity contribution in [2.75, 3.05) is 13.1 Å². The number of Topliss-reactive ketones (excluding diaryl/α,β-unsaturated/α-hetero) is 1. The average molecular weight is 315 g/mol. The molecular weight excluding hydrogens is 294 g/mol. The van der Waals surface area contributed by atoms with Gasteiger partial charge in [-0.15, -0.1) is 0 Å². The monoisotopic (exact) mass is 315 g/mol. The number of nitrogens with zero attached hydrogens (tertiary/aromatic N) is 1. The highest BCUT2D eigenvalue weighted by molar-refractivity contribution is 5.90. The Balaban J connectivity index is 1.84. The molecule has 0 radical (unpaired) electrons. The fraction of sp³-hybridized carbons (Fsp3) is 0.611. The number of phenols is 1. The summed E-state index contributed by atoms with van der Waals surface area (Å²) >= 11 is 0. The second kappa shape index (κ2) is 4.08. The second-order valence-electron chi connectivity index (χ2n) is 7.41. The van der Waals surface area contributed by atoms with Crippen molar-refractivity contribution in [3.05, 3.63) is 23.3 Å². The van der Waals surface area contributed by atoms with Crippen LogP contribution in [0.3, 0.4) is 0 Å². The molecule has 2 bridgehead atoms. The number of rotatable bonds is 1. The minimum absolute atomic E-state index is 0.0171. The Morgan fingerprint density at radius 1 is 1.39 bits per heavy atom. The maximum absolute atomic E-state index is 12.6. The molecule has 2 N–H and O–H groups in total. The minimum Gasteiger partial charge on any atom is -0.504 e. The molecule has 23 heavy (non-hydrogen) atoms. The molecule has 1 saturated heterocycles. The van der Waals surface area contributed by atoms with Gasteiger partial charge in [0.05, 0.1) is 11.0 Å². The quantitative estimate of drug-likeness (QED) is 0.813. The molecule has 2 aliphatic heterocycles. The lowest BCUT2D eigenvalue weighted by atomic mass is 9.49. The van der Waals surface area contributed by atoms with E-state index in [9.17, 15) is 15.0 Å². The largest absolute Gasteiger partial charge is 0.504 e. The maximum atomic E-state index is 12.6. The van der Waals surface area contributed by atoms with Gasteiger partial charge in [0.2, 0.25) is 0 Å². The van der Waals surface area contributed by atoms with Gasteiger partial charge >= 0.3 is 0 Å². The number of carbonyl (C=O) groups is 1. The molecule has 5 nitrogen and oxygen atoms in total. The first-order valence-corrected chi connectivity index (χ1v) is 8.54. The number of likely N-dealkylation sites (tertiary alicyclic amines) is 1. The van der Waals surface area contributed by atoms with E-state index in [0.29, 0.717) is 25.0 Å². The molecule has 0 amide bonds. The van der Waals surface area contributed by atoms with E-state index in [0.717, 1.165) is 30.6 Å². The van der Waals surface area contributed by atoms with Crippen LogP contribution in [0.4, 0.5) is 0 Å². The Morgan fingerprint density at radius 2 is 2.22 bits per heavy atom. The predicted molar refractivity (Wildman–Crippen MR) is 82.7 cm³/mol. The number of likely N-dealkylation sites (N-methyl/N-ethyl adjacent to an activating group) is 1. The molecule has 1 aromatic carbocycles. The highest BCUT2D eigenvalue weighted by Gasteiger charge is 2.72. The van der Waals surface area contributed by atoms with E-state index in [1.165, 1.54) is 0 Å². The SMILES string of the molecule is CCN1CC[C@]23c4c5ccc(O)c4O[C@H]2C(=O)CC[C@@]3(O)C1C5. The number of aliphatic hydroxyl groups is 1. The van der Waals surface area contributed by atoms with E-state index in [2.05, 4.69) is 11.8 Å². The number of piperidine rings is 1. The van der Waals surface area contributed by atoms with Gasteiger partial charge in [0.1, 0.15) is 0 Å². The molecular formula is C18H21NO4. The summed E-state index contributed by atoms with van der Waals surface area (Å²) in [6.45, 7) is 3.86. The Kier molecular flexibility index (Phi) is 2.45. The molecule has 4 aliphatic rings. The van der Waals surface area contributed by atoms with Gasteiger partial charge in [-0.3, -0.25) is 9.69 Å². The van der Waals surface area contributed by atoms with E-state index in [1.807, 2.05) is 6.07 Å². The number of phenolic OH excluding ortho intramolecular Hbond substituents is 1. The van der Waals surface area contributed by atoms with Crippen LogP contribution in [0.2, 0.25) is 0 Å². The highest BCUT2D eigenvalue weighted by Crippen LogP contribution is 2.64. The summed E-state index contributed by atoms with van der Waals surface area (Å²) in [4.78, 5) is 14.9. The summed E-state index contributed by atoms with van der Waals surface area (Å²) in [5, 5.41) is 22.0. The summed E-state index contributed by atoms with van der Waals surface area (Å²) < 4.78 is 5.98. The number of hydrogen-bond donors (Lipinski definition) is 2. The summed E-state index contributed by atoms with van der Waals surface area (Å²) in [5.41, 5.74) is 0.388. The number of benzene rings is 1. The van der Waals surface area contributed by atoms with Crippen molar-refractivity contribution in [3.8, 4) is 11.5 Å². The molecule has 4 atom stereocenters. The van der Waals surface area contributed by atoms with Crippen LogP contribution in [0.1, 0.15) is 37.3 Å². The lowest BCUT2D eigenvalue weighted by Gasteiger charge is -2.62. The molecule has 1 spiro atoms. The van der Waals surface area contributed by atoms with Crippen LogP contribution in [0.25, 0.3) is 0 Å². The first-order chi connectivity index (χ1) is 11.0. The van der Waals surface area contributed by atoms with E-state index in [-0.39, 0.29) is 17.6 Å².